The minimum Gasteiger partial charge on any atom is -0.398 e. The van der Waals surface area contributed by atoms with E-state index in [4.69, 9.17) is 17.3 Å². The topological polar surface area (TPSA) is 55.9 Å². The summed E-state index contributed by atoms with van der Waals surface area (Å²) in [4.78, 5) is 4.02. The minimum atomic E-state index is 0.276. The molecule has 18 heavy (non-hydrogen) atoms. The Labute approximate surface area is 112 Å². The number of halogens is 1. The van der Waals surface area contributed by atoms with Crippen LogP contribution in [0.25, 0.3) is 0 Å². The number of rotatable bonds is 4. The van der Waals surface area contributed by atoms with Crippen molar-refractivity contribution >= 4 is 23.0 Å². The van der Waals surface area contributed by atoms with Crippen LogP contribution in [0.1, 0.15) is 12.5 Å². The maximum absolute atomic E-state index is 6.03. The summed E-state index contributed by atoms with van der Waals surface area (Å²) in [5.41, 5.74) is 8.48. The van der Waals surface area contributed by atoms with E-state index in [2.05, 4.69) is 17.2 Å². The van der Waals surface area contributed by atoms with Gasteiger partial charge in [-0.05, 0) is 31.5 Å². The Kier molecular flexibility index (Phi) is 3.77. The quantitative estimate of drug-likeness (QED) is 0.835. The van der Waals surface area contributed by atoms with Crippen LogP contribution in [0.5, 0.6) is 0 Å². The highest BCUT2D eigenvalue weighted by Crippen LogP contribution is 2.27. The zero-order valence-corrected chi connectivity index (χ0v) is 11.3. The molecule has 0 radical (unpaired) electrons. The molecule has 0 amide bonds. The number of hydrogen-bond acceptors (Lipinski definition) is 3. The first kappa shape index (κ1) is 12.8. The highest BCUT2D eigenvalue weighted by atomic mass is 35.5. The number of benzene rings is 1. The number of nitrogens with two attached hydrogens (primary N) is 1. The Morgan fingerprint density at radius 1 is 1.50 bits per heavy atom. The van der Waals surface area contributed by atoms with E-state index >= 15 is 0 Å². The standard InChI is InChI=1S/C13H17ClN4/c1-9-5-12(15)11(14)6-13(9)17-10(2)7-18-4-3-16-8-18/h3-6,8,10,17H,7,15H2,1-2H3. The Bertz CT molecular complexity index is 522. The van der Waals surface area contributed by atoms with Crippen LogP contribution >= 0.6 is 11.6 Å². The molecule has 0 aliphatic heterocycles. The van der Waals surface area contributed by atoms with Crippen molar-refractivity contribution in [1.29, 1.82) is 0 Å². The maximum Gasteiger partial charge on any atom is 0.0946 e. The van der Waals surface area contributed by atoms with Crippen molar-refractivity contribution in [2.24, 2.45) is 0 Å². The van der Waals surface area contributed by atoms with Crippen molar-refractivity contribution in [3.8, 4) is 0 Å². The lowest BCUT2D eigenvalue weighted by molar-refractivity contribution is 0.618. The lowest BCUT2D eigenvalue weighted by Gasteiger charge is -2.18. The van der Waals surface area contributed by atoms with Gasteiger partial charge in [0.25, 0.3) is 0 Å². The second-order valence-corrected chi connectivity index (χ2v) is 4.90. The molecule has 2 rings (SSSR count). The predicted octanol–water partition coefficient (Wildman–Crippen LogP) is 2.93. The van der Waals surface area contributed by atoms with E-state index in [0.29, 0.717) is 10.7 Å². The van der Waals surface area contributed by atoms with Gasteiger partial charge in [0, 0.05) is 30.7 Å². The molecule has 0 fully saturated rings. The van der Waals surface area contributed by atoms with Crippen molar-refractivity contribution in [3.05, 3.63) is 41.4 Å². The van der Waals surface area contributed by atoms with Crippen LogP contribution in [0, 0.1) is 6.92 Å². The van der Waals surface area contributed by atoms with Crippen LogP contribution < -0.4 is 11.1 Å². The summed E-state index contributed by atoms with van der Waals surface area (Å²) in [6.07, 6.45) is 5.53. The third-order valence-electron chi connectivity index (χ3n) is 2.79. The van der Waals surface area contributed by atoms with Gasteiger partial charge in [-0.1, -0.05) is 11.6 Å². The van der Waals surface area contributed by atoms with E-state index in [0.717, 1.165) is 17.8 Å². The molecule has 0 bridgehead atoms. The molecular formula is C13H17ClN4. The second kappa shape index (κ2) is 5.31. The fourth-order valence-electron chi connectivity index (χ4n) is 1.88. The molecular weight excluding hydrogens is 248 g/mol. The number of aryl methyl sites for hydroxylation is 1. The second-order valence-electron chi connectivity index (χ2n) is 4.49. The van der Waals surface area contributed by atoms with E-state index < -0.39 is 0 Å². The van der Waals surface area contributed by atoms with Crippen LogP contribution in [-0.4, -0.2) is 15.6 Å². The first-order valence-corrected chi connectivity index (χ1v) is 6.22. The lowest BCUT2D eigenvalue weighted by atomic mass is 10.1. The van der Waals surface area contributed by atoms with Gasteiger partial charge in [0.15, 0.2) is 0 Å². The first-order chi connectivity index (χ1) is 8.56. The number of nitrogen functional groups attached to an aromatic ring is 1. The summed E-state index contributed by atoms with van der Waals surface area (Å²) in [6, 6.07) is 4.03. The van der Waals surface area contributed by atoms with Gasteiger partial charge >= 0.3 is 0 Å². The Balaban J connectivity index is 2.07. The zero-order valence-electron chi connectivity index (χ0n) is 10.5. The molecule has 1 aromatic carbocycles. The van der Waals surface area contributed by atoms with Crippen LogP contribution in [0.2, 0.25) is 5.02 Å². The van der Waals surface area contributed by atoms with Crippen molar-refractivity contribution < 1.29 is 0 Å². The number of imidazole rings is 1. The number of hydrogen-bond donors (Lipinski definition) is 2. The molecule has 1 aromatic heterocycles. The van der Waals surface area contributed by atoms with Crippen LogP contribution in [0.4, 0.5) is 11.4 Å². The molecule has 0 spiro atoms. The van der Waals surface area contributed by atoms with E-state index in [9.17, 15) is 0 Å². The maximum atomic E-state index is 6.03. The van der Waals surface area contributed by atoms with Crippen molar-refractivity contribution in [1.82, 2.24) is 9.55 Å². The zero-order chi connectivity index (χ0) is 13.1. The molecule has 5 heteroatoms. The molecule has 1 atom stereocenters. The van der Waals surface area contributed by atoms with E-state index in [1.165, 1.54) is 0 Å². The Morgan fingerprint density at radius 3 is 2.94 bits per heavy atom. The smallest absolute Gasteiger partial charge is 0.0946 e. The van der Waals surface area contributed by atoms with Crippen LogP contribution in [-0.2, 0) is 6.54 Å². The fraction of sp³-hybridized carbons (Fsp3) is 0.308. The highest BCUT2D eigenvalue weighted by molar-refractivity contribution is 6.33. The first-order valence-electron chi connectivity index (χ1n) is 5.84. The molecule has 3 N–H and O–H groups in total. The lowest BCUT2D eigenvalue weighted by Crippen LogP contribution is -2.21. The normalized spacial score (nSPS) is 12.4. The molecule has 1 heterocycles. The van der Waals surface area contributed by atoms with Crippen molar-refractivity contribution in [2.45, 2.75) is 26.4 Å². The Hall–Kier alpha value is -1.68. The number of nitrogens with one attached hydrogen (secondary N) is 1. The molecule has 2 aromatic rings. The summed E-state index contributed by atoms with van der Waals surface area (Å²) in [5, 5.41) is 4.01. The van der Waals surface area contributed by atoms with Gasteiger partial charge in [-0.3, -0.25) is 0 Å². The van der Waals surface area contributed by atoms with Gasteiger partial charge in [0.2, 0.25) is 0 Å². The van der Waals surface area contributed by atoms with Crippen molar-refractivity contribution in [3.63, 3.8) is 0 Å². The summed E-state index contributed by atoms with van der Waals surface area (Å²) < 4.78 is 2.03. The average molecular weight is 265 g/mol. The van der Waals surface area contributed by atoms with Gasteiger partial charge in [-0.2, -0.15) is 0 Å². The number of nitrogens with zero attached hydrogens (tertiary/aromatic N) is 2. The SMILES string of the molecule is Cc1cc(N)c(Cl)cc1NC(C)Cn1ccnc1. The molecule has 0 aliphatic rings. The molecule has 0 aliphatic carbocycles. The fourth-order valence-corrected chi connectivity index (χ4v) is 2.05. The number of anilines is 2. The highest BCUT2D eigenvalue weighted by Gasteiger charge is 2.07. The molecule has 1 unspecified atom stereocenters. The summed E-state index contributed by atoms with van der Waals surface area (Å²) in [7, 11) is 0. The van der Waals surface area contributed by atoms with Gasteiger partial charge in [-0.15, -0.1) is 0 Å². The Morgan fingerprint density at radius 2 is 2.28 bits per heavy atom. The predicted molar refractivity (Wildman–Crippen MR) is 75.9 cm³/mol. The van der Waals surface area contributed by atoms with E-state index in [-0.39, 0.29) is 6.04 Å². The summed E-state index contributed by atoms with van der Waals surface area (Å²) in [6.45, 7) is 4.98. The average Bonchev–Trinajstić information content (AvgIpc) is 2.78. The summed E-state index contributed by atoms with van der Waals surface area (Å²) in [5.74, 6) is 0. The van der Waals surface area contributed by atoms with Gasteiger partial charge in [0.05, 0.1) is 17.0 Å². The molecule has 0 saturated heterocycles. The third kappa shape index (κ3) is 2.96. The monoisotopic (exact) mass is 264 g/mol. The third-order valence-corrected chi connectivity index (χ3v) is 3.12. The molecule has 0 saturated carbocycles. The minimum absolute atomic E-state index is 0.276. The van der Waals surface area contributed by atoms with Gasteiger partial charge < -0.3 is 15.6 Å². The molecule has 4 nitrogen and oxygen atoms in total. The molecule has 96 valence electrons. The van der Waals surface area contributed by atoms with Crippen LogP contribution in [0.3, 0.4) is 0 Å². The van der Waals surface area contributed by atoms with Crippen molar-refractivity contribution in [2.75, 3.05) is 11.1 Å². The van der Waals surface area contributed by atoms with Crippen LogP contribution in [0.15, 0.2) is 30.9 Å². The van der Waals surface area contributed by atoms with E-state index in [1.807, 2.05) is 29.8 Å². The van der Waals surface area contributed by atoms with Gasteiger partial charge in [-0.25, -0.2) is 4.98 Å². The van der Waals surface area contributed by atoms with E-state index in [1.54, 1.807) is 12.5 Å². The largest absolute Gasteiger partial charge is 0.398 e. The summed E-state index contributed by atoms with van der Waals surface area (Å²) >= 11 is 6.03. The van der Waals surface area contributed by atoms with Gasteiger partial charge in [0.1, 0.15) is 0 Å². The number of aromatic nitrogens is 2.